The van der Waals surface area contributed by atoms with Crippen LogP contribution in [0.5, 0.6) is 0 Å². The SMILES string of the molecule is CC(C)C(C)C1CCC(C(F)(F)F)NC1. The summed E-state index contributed by atoms with van der Waals surface area (Å²) in [6, 6.07) is -1.28. The fraction of sp³-hybridized carbons (Fsp3) is 1.00. The molecule has 1 nitrogen and oxygen atoms in total. The molecule has 1 saturated heterocycles. The summed E-state index contributed by atoms with van der Waals surface area (Å²) in [5.74, 6) is 1.43. The van der Waals surface area contributed by atoms with Gasteiger partial charge in [-0.25, -0.2) is 0 Å². The highest BCUT2D eigenvalue weighted by atomic mass is 19.4. The molecule has 1 aliphatic rings. The maximum absolute atomic E-state index is 12.4. The number of rotatable bonds is 2. The molecule has 15 heavy (non-hydrogen) atoms. The van der Waals surface area contributed by atoms with E-state index >= 15 is 0 Å². The summed E-state index contributed by atoms with van der Waals surface area (Å²) in [6.45, 7) is 6.88. The van der Waals surface area contributed by atoms with E-state index in [-0.39, 0.29) is 6.42 Å². The molecule has 1 fully saturated rings. The van der Waals surface area contributed by atoms with E-state index in [0.717, 1.165) is 0 Å². The van der Waals surface area contributed by atoms with Crippen molar-refractivity contribution < 1.29 is 13.2 Å². The van der Waals surface area contributed by atoms with Crippen molar-refractivity contribution in [1.29, 1.82) is 0 Å². The lowest BCUT2D eigenvalue weighted by Gasteiger charge is -2.35. The molecule has 0 amide bonds. The number of nitrogens with one attached hydrogen (secondary N) is 1. The minimum absolute atomic E-state index is 0.227. The van der Waals surface area contributed by atoms with Crippen molar-refractivity contribution in [2.24, 2.45) is 17.8 Å². The Morgan fingerprint density at radius 3 is 2.07 bits per heavy atom. The van der Waals surface area contributed by atoms with Crippen molar-refractivity contribution in [3.8, 4) is 0 Å². The number of hydrogen-bond acceptors (Lipinski definition) is 1. The molecule has 0 radical (unpaired) electrons. The van der Waals surface area contributed by atoms with E-state index in [0.29, 0.717) is 30.7 Å². The van der Waals surface area contributed by atoms with Crippen LogP contribution in [0.1, 0.15) is 33.6 Å². The van der Waals surface area contributed by atoms with Gasteiger partial charge in [0.15, 0.2) is 0 Å². The van der Waals surface area contributed by atoms with Crippen LogP contribution in [0.3, 0.4) is 0 Å². The van der Waals surface area contributed by atoms with Gasteiger partial charge in [-0.2, -0.15) is 13.2 Å². The van der Waals surface area contributed by atoms with E-state index in [1.165, 1.54) is 0 Å². The molecule has 90 valence electrons. The van der Waals surface area contributed by atoms with Gasteiger partial charge in [-0.05, 0) is 37.1 Å². The van der Waals surface area contributed by atoms with Crippen LogP contribution in [0.15, 0.2) is 0 Å². The van der Waals surface area contributed by atoms with Crippen LogP contribution >= 0.6 is 0 Å². The summed E-state index contributed by atoms with van der Waals surface area (Å²) in [7, 11) is 0. The number of hydrogen-bond donors (Lipinski definition) is 1. The van der Waals surface area contributed by atoms with Crippen LogP contribution in [0.4, 0.5) is 13.2 Å². The Balaban J connectivity index is 2.42. The third-order valence-corrected chi connectivity index (χ3v) is 3.64. The summed E-state index contributed by atoms with van der Waals surface area (Å²) in [6.07, 6.45) is -3.16. The van der Waals surface area contributed by atoms with Crippen LogP contribution in [0.2, 0.25) is 0 Å². The van der Waals surface area contributed by atoms with Crippen molar-refractivity contribution in [1.82, 2.24) is 5.32 Å². The van der Waals surface area contributed by atoms with Gasteiger partial charge in [-0.3, -0.25) is 0 Å². The van der Waals surface area contributed by atoms with Gasteiger partial charge in [0.05, 0.1) is 0 Å². The Morgan fingerprint density at radius 1 is 1.13 bits per heavy atom. The molecule has 0 aromatic heterocycles. The molecular weight excluding hydrogens is 203 g/mol. The van der Waals surface area contributed by atoms with E-state index in [4.69, 9.17) is 0 Å². The van der Waals surface area contributed by atoms with Gasteiger partial charge in [-0.15, -0.1) is 0 Å². The zero-order valence-corrected chi connectivity index (χ0v) is 9.56. The fourth-order valence-electron chi connectivity index (χ4n) is 2.15. The Hall–Kier alpha value is -0.250. The van der Waals surface area contributed by atoms with E-state index in [2.05, 4.69) is 26.1 Å². The topological polar surface area (TPSA) is 12.0 Å². The van der Waals surface area contributed by atoms with Crippen LogP contribution < -0.4 is 5.32 Å². The number of halogens is 3. The van der Waals surface area contributed by atoms with Crippen molar-refractivity contribution >= 4 is 0 Å². The predicted molar refractivity (Wildman–Crippen MR) is 54.6 cm³/mol. The van der Waals surface area contributed by atoms with Crippen molar-refractivity contribution in [3.05, 3.63) is 0 Å². The van der Waals surface area contributed by atoms with Crippen molar-refractivity contribution in [3.63, 3.8) is 0 Å². The van der Waals surface area contributed by atoms with E-state index in [9.17, 15) is 13.2 Å². The molecule has 0 saturated carbocycles. The summed E-state index contributed by atoms with van der Waals surface area (Å²) in [5.41, 5.74) is 0. The zero-order chi connectivity index (χ0) is 11.6. The first-order valence-electron chi connectivity index (χ1n) is 5.62. The highest BCUT2D eigenvalue weighted by molar-refractivity contribution is 4.85. The lowest BCUT2D eigenvalue weighted by molar-refractivity contribution is -0.163. The summed E-state index contributed by atoms with van der Waals surface area (Å²) < 4.78 is 37.1. The third kappa shape index (κ3) is 3.37. The van der Waals surface area contributed by atoms with Crippen LogP contribution in [0, 0.1) is 17.8 Å². The fourth-order valence-corrected chi connectivity index (χ4v) is 2.15. The van der Waals surface area contributed by atoms with Crippen molar-refractivity contribution in [2.75, 3.05) is 6.54 Å². The maximum atomic E-state index is 12.4. The molecule has 1 aliphatic heterocycles. The van der Waals surface area contributed by atoms with E-state index in [1.54, 1.807) is 0 Å². The molecule has 3 atom stereocenters. The number of piperidine rings is 1. The predicted octanol–water partition coefficient (Wildman–Crippen LogP) is 3.21. The minimum atomic E-state index is -4.08. The summed E-state index contributed by atoms with van der Waals surface area (Å²) in [4.78, 5) is 0. The van der Waals surface area contributed by atoms with E-state index in [1.807, 2.05) is 0 Å². The molecule has 3 unspecified atom stereocenters. The summed E-state index contributed by atoms with van der Waals surface area (Å²) >= 11 is 0. The molecule has 1 heterocycles. The highest BCUT2D eigenvalue weighted by Gasteiger charge is 2.42. The highest BCUT2D eigenvalue weighted by Crippen LogP contribution is 2.32. The monoisotopic (exact) mass is 223 g/mol. The van der Waals surface area contributed by atoms with Gasteiger partial charge in [0.1, 0.15) is 6.04 Å². The second kappa shape index (κ2) is 4.73. The second-order valence-corrected chi connectivity index (χ2v) is 4.94. The Kier molecular flexibility index (Phi) is 4.04. The molecule has 4 heteroatoms. The van der Waals surface area contributed by atoms with Gasteiger partial charge in [0.2, 0.25) is 0 Å². The molecular formula is C11H20F3N. The lowest BCUT2D eigenvalue weighted by Crippen LogP contribution is -2.49. The van der Waals surface area contributed by atoms with Gasteiger partial charge >= 0.3 is 6.18 Å². The molecule has 0 aromatic rings. The average Bonchev–Trinajstić information content (AvgIpc) is 2.15. The molecule has 1 N–H and O–H groups in total. The quantitative estimate of drug-likeness (QED) is 0.758. The smallest absolute Gasteiger partial charge is 0.306 e. The van der Waals surface area contributed by atoms with Gasteiger partial charge in [0, 0.05) is 0 Å². The Morgan fingerprint density at radius 2 is 1.73 bits per heavy atom. The van der Waals surface area contributed by atoms with E-state index < -0.39 is 12.2 Å². The first-order chi connectivity index (χ1) is 6.82. The Labute approximate surface area is 89.4 Å². The lowest BCUT2D eigenvalue weighted by atomic mass is 9.79. The van der Waals surface area contributed by atoms with Gasteiger partial charge < -0.3 is 5.32 Å². The normalized spacial score (nSPS) is 30.6. The first kappa shape index (κ1) is 12.8. The molecule has 0 aliphatic carbocycles. The largest absolute Gasteiger partial charge is 0.403 e. The van der Waals surface area contributed by atoms with Gasteiger partial charge in [-0.1, -0.05) is 20.8 Å². The van der Waals surface area contributed by atoms with Crippen LogP contribution in [-0.2, 0) is 0 Å². The number of alkyl halides is 3. The second-order valence-electron chi connectivity index (χ2n) is 4.94. The van der Waals surface area contributed by atoms with Crippen LogP contribution in [0.25, 0.3) is 0 Å². The first-order valence-corrected chi connectivity index (χ1v) is 5.62. The molecule has 0 spiro atoms. The van der Waals surface area contributed by atoms with Crippen LogP contribution in [-0.4, -0.2) is 18.8 Å². The standard InChI is InChI=1S/C11H20F3N/c1-7(2)8(3)9-4-5-10(15-6-9)11(12,13)14/h7-10,15H,4-6H2,1-3H3. The molecule has 1 rings (SSSR count). The molecule has 0 bridgehead atoms. The van der Waals surface area contributed by atoms with Gasteiger partial charge in [0.25, 0.3) is 0 Å². The molecule has 0 aromatic carbocycles. The summed E-state index contributed by atoms with van der Waals surface area (Å²) in [5, 5.41) is 2.62. The third-order valence-electron chi connectivity index (χ3n) is 3.64. The average molecular weight is 223 g/mol. The zero-order valence-electron chi connectivity index (χ0n) is 9.56. The van der Waals surface area contributed by atoms with Crippen molar-refractivity contribution in [2.45, 2.75) is 45.8 Å². The maximum Gasteiger partial charge on any atom is 0.403 e. The Bertz CT molecular complexity index is 192. The minimum Gasteiger partial charge on any atom is -0.306 e.